The van der Waals surface area contributed by atoms with E-state index in [1.165, 1.54) is 12.1 Å². The maximum atomic E-state index is 12.2. The van der Waals surface area contributed by atoms with Crippen molar-refractivity contribution in [1.82, 2.24) is 9.88 Å². The van der Waals surface area contributed by atoms with E-state index < -0.39 is 16.6 Å². The number of carbonyl (C=O) groups is 1. The summed E-state index contributed by atoms with van der Waals surface area (Å²) in [6, 6.07) is 2.35. The van der Waals surface area contributed by atoms with Gasteiger partial charge in [-0.2, -0.15) is 4.98 Å². The van der Waals surface area contributed by atoms with Gasteiger partial charge in [0.2, 0.25) is 0 Å². The third kappa shape index (κ3) is 4.70. The van der Waals surface area contributed by atoms with Crippen LogP contribution in [0.5, 0.6) is 5.88 Å². The van der Waals surface area contributed by atoms with Crippen molar-refractivity contribution in [3.63, 3.8) is 0 Å². The van der Waals surface area contributed by atoms with Crippen LogP contribution in [0.15, 0.2) is 12.1 Å². The fourth-order valence-electron chi connectivity index (χ4n) is 2.40. The fraction of sp³-hybridized carbons (Fsp3) is 0.600. The van der Waals surface area contributed by atoms with E-state index in [1.54, 1.807) is 25.7 Å². The van der Waals surface area contributed by atoms with Crippen LogP contribution in [0.1, 0.15) is 33.6 Å². The van der Waals surface area contributed by atoms with Crippen molar-refractivity contribution in [2.24, 2.45) is 0 Å². The highest BCUT2D eigenvalue weighted by Crippen LogP contribution is 2.28. The Bertz CT molecular complexity index is 632. The maximum absolute atomic E-state index is 12.2. The quantitative estimate of drug-likeness (QED) is 0.465. The molecule has 1 aromatic heterocycles. The van der Waals surface area contributed by atoms with Gasteiger partial charge in [0, 0.05) is 12.6 Å². The van der Waals surface area contributed by atoms with Crippen LogP contribution in [0.4, 0.5) is 10.5 Å². The molecular formula is C15H20ClN3O5. The fourth-order valence-corrected chi connectivity index (χ4v) is 2.54. The second-order valence-corrected chi connectivity index (χ2v) is 6.88. The summed E-state index contributed by atoms with van der Waals surface area (Å²) in [5.74, 6) is -0.150. The van der Waals surface area contributed by atoms with Crippen LogP contribution in [0, 0.1) is 10.1 Å². The van der Waals surface area contributed by atoms with Crippen LogP contribution in [-0.2, 0) is 4.74 Å². The molecule has 1 aliphatic rings. The average Bonchev–Trinajstić information content (AvgIpc) is 2.91. The molecule has 1 unspecified atom stereocenters. The summed E-state index contributed by atoms with van der Waals surface area (Å²) in [5.41, 5.74) is -0.848. The van der Waals surface area contributed by atoms with Gasteiger partial charge in [0.15, 0.2) is 0 Å². The number of pyridine rings is 1. The molecule has 0 aliphatic carbocycles. The lowest BCUT2D eigenvalue weighted by atomic mass is 10.2. The third-order valence-electron chi connectivity index (χ3n) is 3.42. The highest BCUT2D eigenvalue weighted by Gasteiger charge is 2.33. The molecule has 1 saturated heterocycles. The van der Waals surface area contributed by atoms with Gasteiger partial charge < -0.3 is 14.4 Å². The first-order valence-corrected chi connectivity index (χ1v) is 7.98. The molecule has 132 valence electrons. The van der Waals surface area contributed by atoms with Crippen LogP contribution < -0.4 is 4.74 Å². The van der Waals surface area contributed by atoms with Gasteiger partial charge in [-0.15, -0.1) is 0 Å². The number of hydrogen-bond acceptors (Lipinski definition) is 6. The van der Waals surface area contributed by atoms with Gasteiger partial charge in [-0.05, 0) is 39.7 Å². The number of nitrogens with zero attached hydrogens (tertiary/aromatic N) is 3. The zero-order valence-electron chi connectivity index (χ0n) is 13.8. The second kappa shape index (κ2) is 7.21. The third-order valence-corrected chi connectivity index (χ3v) is 3.63. The van der Waals surface area contributed by atoms with Gasteiger partial charge in [-0.25, -0.2) is 4.79 Å². The Hall–Kier alpha value is -2.09. The molecule has 1 fully saturated rings. The predicted octanol–water partition coefficient (Wildman–Crippen LogP) is 3.42. The highest BCUT2D eigenvalue weighted by atomic mass is 35.5. The smallest absolute Gasteiger partial charge is 0.410 e. The summed E-state index contributed by atoms with van der Waals surface area (Å²) >= 11 is 5.77. The van der Waals surface area contributed by atoms with E-state index in [9.17, 15) is 14.9 Å². The summed E-state index contributed by atoms with van der Waals surface area (Å²) < 4.78 is 10.9. The molecule has 0 N–H and O–H groups in total. The number of halogens is 1. The zero-order valence-corrected chi connectivity index (χ0v) is 14.6. The minimum absolute atomic E-state index is 0.0907. The lowest BCUT2D eigenvalue weighted by molar-refractivity contribution is -0.386. The SMILES string of the molecule is CC(C)(C)OC(=O)N1CCCC1COc1nc(Cl)ccc1[N+](=O)[O-]. The predicted molar refractivity (Wildman–Crippen MR) is 87.4 cm³/mol. The molecule has 1 atom stereocenters. The summed E-state index contributed by atoms with van der Waals surface area (Å²) in [6.07, 6.45) is 1.13. The number of rotatable bonds is 4. The van der Waals surface area contributed by atoms with E-state index in [-0.39, 0.29) is 29.4 Å². The van der Waals surface area contributed by atoms with E-state index >= 15 is 0 Å². The zero-order chi connectivity index (χ0) is 17.9. The molecule has 8 nitrogen and oxygen atoms in total. The summed E-state index contributed by atoms with van der Waals surface area (Å²) in [7, 11) is 0. The summed E-state index contributed by atoms with van der Waals surface area (Å²) in [4.78, 5) is 28.1. The first-order valence-electron chi connectivity index (χ1n) is 7.61. The summed E-state index contributed by atoms with van der Waals surface area (Å²) in [5, 5.41) is 11.1. The Labute approximate surface area is 144 Å². The number of likely N-dealkylation sites (tertiary alicyclic amines) is 1. The van der Waals surface area contributed by atoms with E-state index in [4.69, 9.17) is 21.1 Å². The van der Waals surface area contributed by atoms with Crippen molar-refractivity contribution in [3.05, 3.63) is 27.4 Å². The molecule has 0 aromatic carbocycles. The number of carbonyl (C=O) groups excluding carboxylic acids is 1. The second-order valence-electron chi connectivity index (χ2n) is 6.50. The van der Waals surface area contributed by atoms with Gasteiger partial charge in [-0.1, -0.05) is 11.6 Å². The summed E-state index contributed by atoms with van der Waals surface area (Å²) in [6.45, 7) is 6.05. The Kier molecular flexibility index (Phi) is 5.48. The molecule has 9 heteroatoms. The minimum Gasteiger partial charge on any atom is -0.471 e. The largest absolute Gasteiger partial charge is 0.471 e. The van der Waals surface area contributed by atoms with E-state index in [1.807, 2.05) is 0 Å². The molecule has 1 amide bonds. The number of nitro groups is 1. The molecule has 0 spiro atoms. The van der Waals surface area contributed by atoms with Crippen molar-refractivity contribution in [1.29, 1.82) is 0 Å². The Morgan fingerprint density at radius 1 is 1.50 bits per heavy atom. The van der Waals surface area contributed by atoms with E-state index in [2.05, 4.69) is 4.98 Å². The monoisotopic (exact) mass is 357 g/mol. The van der Waals surface area contributed by atoms with Crippen LogP contribution in [0.2, 0.25) is 5.15 Å². The molecule has 0 saturated carbocycles. The Morgan fingerprint density at radius 2 is 2.21 bits per heavy atom. The first-order chi connectivity index (χ1) is 11.2. The van der Waals surface area contributed by atoms with Crippen LogP contribution in [0.3, 0.4) is 0 Å². The Morgan fingerprint density at radius 3 is 2.83 bits per heavy atom. The molecular weight excluding hydrogens is 338 g/mol. The molecule has 1 aromatic rings. The number of ether oxygens (including phenoxy) is 2. The van der Waals surface area contributed by atoms with Crippen LogP contribution in [-0.4, -0.2) is 45.7 Å². The highest BCUT2D eigenvalue weighted by molar-refractivity contribution is 6.29. The molecule has 2 heterocycles. The average molecular weight is 358 g/mol. The molecule has 24 heavy (non-hydrogen) atoms. The Balaban J connectivity index is 2.04. The van der Waals surface area contributed by atoms with Gasteiger partial charge in [0.1, 0.15) is 17.4 Å². The minimum atomic E-state index is -0.585. The van der Waals surface area contributed by atoms with Gasteiger partial charge in [0.05, 0.1) is 11.0 Å². The topological polar surface area (TPSA) is 94.8 Å². The van der Waals surface area contributed by atoms with Crippen LogP contribution >= 0.6 is 11.6 Å². The number of amides is 1. The van der Waals surface area contributed by atoms with Gasteiger partial charge >= 0.3 is 11.8 Å². The van der Waals surface area contributed by atoms with Crippen molar-refractivity contribution >= 4 is 23.4 Å². The standard InChI is InChI=1S/C15H20ClN3O5/c1-15(2,3)24-14(20)18-8-4-5-10(18)9-23-13-11(19(21)22)6-7-12(16)17-13/h6-7,10H,4-5,8-9H2,1-3H3. The van der Waals surface area contributed by atoms with E-state index in [0.717, 1.165) is 12.8 Å². The first kappa shape index (κ1) is 18.3. The van der Waals surface area contributed by atoms with Crippen molar-refractivity contribution in [2.75, 3.05) is 13.2 Å². The van der Waals surface area contributed by atoms with E-state index in [0.29, 0.717) is 6.54 Å². The molecule has 1 aliphatic heterocycles. The van der Waals surface area contributed by atoms with Gasteiger partial charge in [0.25, 0.3) is 5.88 Å². The number of aromatic nitrogens is 1. The lowest BCUT2D eigenvalue weighted by Gasteiger charge is -2.28. The van der Waals surface area contributed by atoms with Crippen molar-refractivity contribution in [3.8, 4) is 5.88 Å². The number of hydrogen-bond donors (Lipinski definition) is 0. The lowest BCUT2D eigenvalue weighted by Crippen LogP contribution is -2.42. The normalized spacial score (nSPS) is 17.7. The van der Waals surface area contributed by atoms with Crippen molar-refractivity contribution in [2.45, 2.75) is 45.3 Å². The van der Waals surface area contributed by atoms with Crippen LogP contribution in [0.25, 0.3) is 0 Å². The molecule has 2 rings (SSSR count). The molecule has 0 radical (unpaired) electrons. The van der Waals surface area contributed by atoms with Crippen molar-refractivity contribution < 1.29 is 19.2 Å². The maximum Gasteiger partial charge on any atom is 0.410 e. The molecule has 0 bridgehead atoms. The van der Waals surface area contributed by atoms with Gasteiger partial charge in [-0.3, -0.25) is 10.1 Å².